The van der Waals surface area contributed by atoms with Crippen molar-refractivity contribution in [2.45, 2.75) is 36.3 Å². The monoisotopic (exact) mass is 357 g/mol. The SMILES string of the molecule is OC1CCOC(Cn2cc(SI)nn2)C1O. The van der Waals surface area contributed by atoms with Crippen LogP contribution in [0.4, 0.5) is 0 Å². The zero-order valence-corrected chi connectivity index (χ0v) is 11.3. The van der Waals surface area contributed by atoms with Crippen molar-refractivity contribution in [2.24, 2.45) is 0 Å². The Morgan fingerprint density at radius 3 is 3.12 bits per heavy atom. The number of hydrogen-bond donors (Lipinski definition) is 2. The summed E-state index contributed by atoms with van der Waals surface area (Å²) in [4.78, 5) is 0. The van der Waals surface area contributed by atoms with Gasteiger partial charge in [0.25, 0.3) is 0 Å². The Labute approximate surface area is 109 Å². The second kappa shape index (κ2) is 5.63. The molecule has 90 valence electrons. The maximum Gasteiger partial charge on any atom is 0.149 e. The van der Waals surface area contributed by atoms with E-state index in [4.69, 9.17) is 4.74 Å². The van der Waals surface area contributed by atoms with Gasteiger partial charge in [-0.3, -0.25) is 0 Å². The molecule has 1 aliphatic heterocycles. The number of ether oxygens (including phenoxy) is 1. The van der Waals surface area contributed by atoms with E-state index in [-0.39, 0.29) is 0 Å². The van der Waals surface area contributed by atoms with Gasteiger partial charge in [0.15, 0.2) is 0 Å². The van der Waals surface area contributed by atoms with Crippen molar-refractivity contribution in [3.63, 3.8) is 0 Å². The number of nitrogens with zero attached hydrogens (tertiary/aromatic N) is 3. The van der Waals surface area contributed by atoms with Crippen LogP contribution in [0.5, 0.6) is 0 Å². The molecule has 1 aromatic rings. The Bertz CT molecular complexity index is 351. The second-order valence-corrected chi connectivity index (χ2v) is 5.51. The normalized spacial score (nSPS) is 30.6. The molecule has 0 spiro atoms. The third-order valence-electron chi connectivity index (χ3n) is 2.48. The topological polar surface area (TPSA) is 80.4 Å². The molecule has 2 heterocycles. The van der Waals surface area contributed by atoms with Crippen LogP contribution < -0.4 is 0 Å². The Kier molecular flexibility index (Phi) is 4.41. The molecule has 16 heavy (non-hydrogen) atoms. The Morgan fingerprint density at radius 1 is 1.62 bits per heavy atom. The van der Waals surface area contributed by atoms with Gasteiger partial charge in [-0.25, -0.2) is 4.68 Å². The van der Waals surface area contributed by atoms with Gasteiger partial charge in [-0.1, -0.05) is 5.21 Å². The van der Waals surface area contributed by atoms with E-state index in [1.807, 2.05) is 0 Å². The van der Waals surface area contributed by atoms with Gasteiger partial charge in [0.2, 0.25) is 0 Å². The quantitative estimate of drug-likeness (QED) is 0.754. The fourth-order valence-electron chi connectivity index (χ4n) is 1.61. The fourth-order valence-corrected chi connectivity index (χ4v) is 2.44. The van der Waals surface area contributed by atoms with Gasteiger partial charge in [-0.05, 0) is 15.4 Å². The average Bonchev–Trinajstić information content (AvgIpc) is 2.73. The number of aliphatic hydroxyl groups excluding tert-OH is 2. The number of aromatic nitrogens is 3. The summed E-state index contributed by atoms with van der Waals surface area (Å²) in [6.45, 7) is 0.869. The molecule has 0 amide bonds. The molecule has 0 radical (unpaired) electrons. The van der Waals surface area contributed by atoms with Gasteiger partial charge >= 0.3 is 0 Å². The minimum Gasteiger partial charge on any atom is -0.390 e. The third kappa shape index (κ3) is 2.86. The van der Waals surface area contributed by atoms with Crippen LogP contribution in [-0.4, -0.2) is 50.1 Å². The summed E-state index contributed by atoms with van der Waals surface area (Å²) in [6.07, 6.45) is 0.282. The van der Waals surface area contributed by atoms with E-state index in [1.165, 1.54) is 8.93 Å². The summed E-state index contributed by atoms with van der Waals surface area (Å²) < 4.78 is 7.02. The molecule has 1 aromatic heterocycles. The predicted octanol–water partition coefficient (Wildman–Crippen LogP) is 0.231. The highest BCUT2D eigenvalue weighted by molar-refractivity contribution is 14.2. The molecule has 1 saturated heterocycles. The molecular formula is C8H12IN3O3S. The van der Waals surface area contributed by atoms with E-state index in [9.17, 15) is 10.2 Å². The van der Waals surface area contributed by atoms with Crippen molar-refractivity contribution in [3.8, 4) is 0 Å². The molecule has 1 aliphatic rings. The lowest BCUT2D eigenvalue weighted by Crippen LogP contribution is -2.46. The summed E-state index contributed by atoms with van der Waals surface area (Å²) >= 11 is 2.13. The van der Waals surface area contributed by atoms with Gasteiger partial charge in [0.05, 0.1) is 18.8 Å². The first-order valence-corrected chi connectivity index (χ1v) is 8.23. The van der Waals surface area contributed by atoms with Gasteiger partial charge in [0.1, 0.15) is 17.2 Å². The first kappa shape index (κ1) is 12.6. The first-order chi connectivity index (χ1) is 7.70. The van der Waals surface area contributed by atoms with Crippen LogP contribution in [0.25, 0.3) is 0 Å². The number of halogens is 1. The highest BCUT2D eigenvalue weighted by atomic mass is 127. The number of hydrogen-bond acceptors (Lipinski definition) is 6. The zero-order valence-electron chi connectivity index (χ0n) is 8.36. The van der Waals surface area contributed by atoms with Gasteiger partial charge < -0.3 is 14.9 Å². The summed E-state index contributed by atoms with van der Waals surface area (Å²) in [7, 11) is 1.48. The van der Waals surface area contributed by atoms with Crippen molar-refractivity contribution in [1.29, 1.82) is 0 Å². The van der Waals surface area contributed by atoms with Crippen LogP contribution in [0.2, 0.25) is 0 Å². The Hall–Kier alpha value is 0.1000. The molecule has 3 unspecified atom stereocenters. The minimum atomic E-state index is -0.853. The summed E-state index contributed by atoms with van der Waals surface area (Å²) in [5, 5.41) is 27.8. The predicted molar refractivity (Wildman–Crippen MR) is 66.3 cm³/mol. The van der Waals surface area contributed by atoms with Gasteiger partial charge in [-0.2, -0.15) is 0 Å². The molecule has 6 nitrogen and oxygen atoms in total. The summed E-state index contributed by atoms with van der Waals surface area (Å²) in [5.74, 6) is 0. The summed E-state index contributed by atoms with van der Waals surface area (Å²) in [6, 6.07) is 0. The second-order valence-electron chi connectivity index (χ2n) is 3.61. The summed E-state index contributed by atoms with van der Waals surface area (Å²) in [5.41, 5.74) is 0. The van der Waals surface area contributed by atoms with E-state index in [1.54, 1.807) is 10.9 Å². The molecule has 2 rings (SSSR count). The molecule has 0 aromatic carbocycles. The maximum atomic E-state index is 9.72. The van der Waals surface area contributed by atoms with E-state index in [2.05, 4.69) is 31.5 Å². The smallest absolute Gasteiger partial charge is 0.149 e. The maximum absolute atomic E-state index is 9.72. The van der Waals surface area contributed by atoms with E-state index < -0.39 is 18.3 Å². The molecule has 2 N–H and O–H groups in total. The van der Waals surface area contributed by atoms with Crippen molar-refractivity contribution < 1.29 is 14.9 Å². The lowest BCUT2D eigenvalue weighted by atomic mass is 10.0. The highest BCUT2D eigenvalue weighted by Gasteiger charge is 2.31. The van der Waals surface area contributed by atoms with Gasteiger partial charge in [0, 0.05) is 27.8 Å². The Morgan fingerprint density at radius 2 is 2.44 bits per heavy atom. The van der Waals surface area contributed by atoms with Crippen LogP contribution in [0.1, 0.15) is 6.42 Å². The molecule has 1 fully saturated rings. The van der Waals surface area contributed by atoms with Crippen LogP contribution in [-0.2, 0) is 11.3 Å². The van der Waals surface area contributed by atoms with E-state index >= 15 is 0 Å². The molecular weight excluding hydrogens is 345 g/mol. The van der Waals surface area contributed by atoms with Gasteiger partial charge in [-0.15, -0.1) is 5.10 Å². The molecule has 8 heteroatoms. The highest BCUT2D eigenvalue weighted by Crippen LogP contribution is 2.22. The van der Waals surface area contributed by atoms with Crippen molar-refractivity contribution in [2.75, 3.05) is 6.61 Å². The molecule has 3 atom stereocenters. The number of rotatable bonds is 3. The van der Waals surface area contributed by atoms with Crippen LogP contribution in [0.3, 0.4) is 0 Å². The third-order valence-corrected chi connectivity index (χ3v) is 4.18. The molecule has 0 aliphatic carbocycles. The minimum absolute atomic E-state index is 0.405. The fraction of sp³-hybridized carbons (Fsp3) is 0.750. The van der Waals surface area contributed by atoms with Crippen LogP contribution >= 0.6 is 30.1 Å². The van der Waals surface area contributed by atoms with E-state index in [0.29, 0.717) is 19.6 Å². The van der Waals surface area contributed by atoms with Crippen molar-refractivity contribution >= 4 is 30.1 Å². The Balaban J connectivity index is 1.97. The lowest BCUT2D eigenvalue weighted by Gasteiger charge is -2.31. The lowest BCUT2D eigenvalue weighted by molar-refractivity contribution is -0.140. The molecule has 0 saturated carbocycles. The largest absolute Gasteiger partial charge is 0.390 e. The van der Waals surface area contributed by atoms with E-state index in [0.717, 1.165) is 5.03 Å². The van der Waals surface area contributed by atoms with Crippen LogP contribution in [0, 0.1) is 0 Å². The molecule has 0 bridgehead atoms. The average molecular weight is 357 g/mol. The standard InChI is InChI=1S/C8H12IN3O3S/c9-16-7-4-12(11-10-7)3-6-8(14)5(13)1-2-15-6/h4-6,8,13-14H,1-3H2. The number of aliphatic hydroxyl groups is 2. The van der Waals surface area contributed by atoms with Crippen molar-refractivity contribution in [3.05, 3.63) is 6.20 Å². The zero-order chi connectivity index (χ0) is 11.5. The van der Waals surface area contributed by atoms with Crippen molar-refractivity contribution in [1.82, 2.24) is 15.0 Å². The first-order valence-electron chi connectivity index (χ1n) is 4.87. The van der Waals surface area contributed by atoms with Crippen LogP contribution in [0.15, 0.2) is 11.2 Å².